The number of aromatic nitrogens is 4. The average molecular weight is 430 g/mol. The summed E-state index contributed by atoms with van der Waals surface area (Å²) in [6.07, 6.45) is 0. The maximum atomic E-state index is 13.8. The molecule has 0 aliphatic rings. The number of hydrogen-bond donors (Lipinski definition) is 1. The van der Waals surface area contributed by atoms with Crippen LogP contribution in [0.4, 0.5) is 8.78 Å². The second-order valence-electron chi connectivity index (χ2n) is 6.18. The summed E-state index contributed by atoms with van der Waals surface area (Å²) in [7, 11) is 0. The minimum Gasteiger partial charge on any atom is -0.475 e. The standard InChI is InChI=1S/C20H14ClF2N5O2/c21-14-5-2-6-15(23)18(14)20(29)24-9-10-30-17-8-7-16-25-26-19(28(16)27-17)12-3-1-4-13(22)11-12/h1-8,11H,9-10H2,(H,24,29). The number of rotatable bonds is 6. The number of ether oxygens (including phenoxy) is 1. The molecule has 4 aromatic rings. The third-order valence-corrected chi connectivity index (χ3v) is 4.46. The molecule has 2 aromatic carbocycles. The third kappa shape index (κ3) is 4.06. The van der Waals surface area contributed by atoms with Crippen LogP contribution in [0.2, 0.25) is 5.02 Å². The number of carbonyl (C=O) groups excluding carboxylic acids is 1. The predicted molar refractivity (Wildman–Crippen MR) is 105 cm³/mol. The van der Waals surface area contributed by atoms with Gasteiger partial charge in [-0.3, -0.25) is 4.79 Å². The Labute approximate surface area is 174 Å². The fourth-order valence-electron chi connectivity index (χ4n) is 2.78. The molecule has 0 atom stereocenters. The zero-order valence-corrected chi connectivity index (χ0v) is 16.1. The van der Waals surface area contributed by atoms with Crippen molar-refractivity contribution in [1.29, 1.82) is 0 Å². The van der Waals surface area contributed by atoms with Crippen molar-refractivity contribution in [2.24, 2.45) is 0 Å². The van der Waals surface area contributed by atoms with Crippen molar-refractivity contribution in [3.63, 3.8) is 0 Å². The molecule has 1 N–H and O–H groups in total. The smallest absolute Gasteiger partial charge is 0.255 e. The van der Waals surface area contributed by atoms with Gasteiger partial charge in [-0.05, 0) is 30.3 Å². The van der Waals surface area contributed by atoms with Gasteiger partial charge in [0, 0.05) is 11.6 Å². The first-order chi connectivity index (χ1) is 14.5. The molecule has 2 heterocycles. The molecule has 1 amide bonds. The highest BCUT2D eigenvalue weighted by atomic mass is 35.5. The predicted octanol–water partition coefficient (Wildman–Crippen LogP) is 3.53. The van der Waals surface area contributed by atoms with Gasteiger partial charge in [0.25, 0.3) is 5.91 Å². The lowest BCUT2D eigenvalue weighted by molar-refractivity contribution is 0.0942. The summed E-state index contributed by atoms with van der Waals surface area (Å²) in [6.45, 7) is 0.176. The first-order valence-corrected chi connectivity index (χ1v) is 9.24. The van der Waals surface area contributed by atoms with Crippen LogP contribution in [0.5, 0.6) is 5.88 Å². The Morgan fingerprint density at radius 2 is 1.93 bits per heavy atom. The first-order valence-electron chi connectivity index (χ1n) is 8.86. The Morgan fingerprint density at radius 1 is 1.10 bits per heavy atom. The Bertz CT molecular complexity index is 1210. The van der Waals surface area contributed by atoms with Crippen LogP contribution in [0.1, 0.15) is 10.4 Å². The van der Waals surface area contributed by atoms with Crippen LogP contribution in [0, 0.1) is 11.6 Å². The Kier molecular flexibility index (Phi) is 5.53. The summed E-state index contributed by atoms with van der Waals surface area (Å²) in [5.41, 5.74) is 0.758. The van der Waals surface area contributed by atoms with E-state index in [0.29, 0.717) is 17.0 Å². The molecule has 0 saturated carbocycles. The molecule has 10 heteroatoms. The Balaban J connectivity index is 1.42. The van der Waals surface area contributed by atoms with E-state index in [1.54, 1.807) is 24.3 Å². The third-order valence-electron chi connectivity index (χ3n) is 4.15. The lowest BCUT2D eigenvalue weighted by atomic mass is 10.2. The largest absolute Gasteiger partial charge is 0.475 e. The summed E-state index contributed by atoms with van der Waals surface area (Å²) < 4.78 is 34.3. The fraction of sp³-hybridized carbons (Fsp3) is 0.100. The van der Waals surface area contributed by atoms with E-state index in [4.69, 9.17) is 16.3 Å². The summed E-state index contributed by atoms with van der Waals surface area (Å²) in [5, 5.41) is 14.9. The van der Waals surface area contributed by atoms with E-state index in [-0.39, 0.29) is 29.6 Å². The van der Waals surface area contributed by atoms with Gasteiger partial charge in [-0.2, -0.15) is 4.52 Å². The maximum absolute atomic E-state index is 13.8. The van der Waals surface area contributed by atoms with Crippen LogP contribution in [0.25, 0.3) is 17.0 Å². The van der Waals surface area contributed by atoms with Crippen molar-refractivity contribution >= 4 is 23.2 Å². The SMILES string of the molecule is O=C(NCCOc1ccc2nnc(-c3cccc(F)c3)n2n1)c1c(F)cccc1Cl. The first kappa shape index (κ1) is 19.7. The number of benzene rings is 2. The minimum atomic E-state index is -0.703. The summed E-state index contributed by atoms with van der Waals surface area (Å²) in [4.78, 5) is 12.1. The molecule has 0 unspecified atom stereocenters. The lowest BCUT2D eigenvalue weighted by Crippen LogP contribution is -2.29. The van der Waals surface area contributed by atoms with Crippen LogP contribution in [0.3, 0.4) is 0 Å². The van der Waals surface area contributed by atoms with Gasteiger partial charge in [0.05, 0.1) is 17.1 Å². The molecule has 4 rings (SSSR count). The van der Waals surface area contributed by atoms with Crippen molar-refractivity contribution in [2.75, 3.05) is 13.2 Å². The molecular weight excluding hydrogens is 416 g/mol. The summed E-state index contributed by atoms with van der Waals surface area (Å²) in [5.74, 6) is -1.14. The van der Waals surface area contributed by atoms with Crippen molar-refractivity contribution in [3.8, 4) is 17.3 Å². The fourth-order valence-corrected chi connectivity index (χ4v) is 3.03. The van der Waals surface area contributed by atoms with Crippen LogP contribution in [0.15, 0.2) is 54.6 Å². The molecule has 0 saturated heterocycles. The molecule has 0 radical (unpaired) electrons. The zero-order valence-electron chi connectivity index (χ0n) is 15.3. The van der Waals surface area contributed by atoms with E-state index in [0.717, 1.165) is 6.07 Å². The second-order valence-corrected chi connectivity index (χ2v) is 6.58. The molecule has 7 nitrogen and oxygen atoms in total. The van der Waals surface area contributed by atoms with Crippen molar-refractivity contribution < 1.29 is 18.3 Å². The van der Waals surface area contributed by atoms with Crippen LogP contribution < -0.4 is 10.1 Å². The molecule has 0 fully saturated rings. The normalized spacial score (nSPS) is 10.9. The van der Waals surface area contributed by atoms with Gasteiger partial charge in [0.2, 0.25) is 5.88 Å². The van der Waals surface area contributed by atoms with Gasteiger partial charge in [-0.25, -0.2) is 8.78 Å². The summed E-state index contributed by atoms with van der Waals surface area (Å²) in [6, 6.07) is 13.2. The number of nitrogens with zero attached hydrogens (tertiary/aromatic N) is 4. The number of fused-ring (bicyclic) bond motifs is 1. The molecule has 0 spiro atoms. The van der Waals surface area contributed by atoms with Crippen molar-refractivity contribution in [3.05, 3.63) is 76.8 Å². The highest BCUT2D eigenvalue weighted by Crippen LogP contribution is 2.20. The highest BCUT2D eigenvalue weighted by molar-refractivity contribution is 6.33. The number of halogens is 3. The second kappa shape index (κ2) is 8.42. The molecule has 30 heavy (non-hydrogen) atoms. The van der Waals surface area contributed by atoms with Gasteiger partial charge in [-0.1, -0.05) is 29.8 Å². The molecule has 0 bridgehead atoms. The monoisotopic (exact) mass is 429 g/mol. The topological polar surface area (TPSA) is 81.4 Å². The molecular formula is C20H14ClF2N5O2. The molecule has 2 aromatic heterocycles. The van der Waals surface area contributed by atoms with Gasteiger partial charge >= 0.3 is 0 Å². The van der Waals surface area contributed by atoms with Gasteiger partial charge in [0.15, 0.2) is 11.5 Å². The Hall–Kier alpha value is -3.59. The zero-order chi connectivity index (χ0) is 21.1. The van der Waals surface area contributed by atoms with Crippen molar-refractivity contribution in [2.45, 2.75) is 0 Å². The molecule has 0 aliphatic carbocycles. The number of hydrogen-bond acceptors (Lipinski definition) is 5. The van der Waals surface area contributed by atoms with Crippen LogP contribution >= 0.6 is 11.6 Å². The van der Waals surface area contributed by atoms with Crippen molar-refractivity contribution in [1.82, 2.24) is 25.1 Å². The van der Waals surface area contributed by atoms with E-state index in [1.807, 2.05) is 0 Å². The van der Waals surface area contributed by atoms with E-state index in [2.05, 4.69) is 20.6 Å². The van der Waals surface area contributed by atoms with E-state index < -0.39 is 17.5 Å². The van der Waals surface area contributed by atoms with E-state index in [1.165, 1.54) is 28.8 Å². The van der Waals surface area contributed by atoms with Gasteiger partial charge in [-0.15, -0.1) is 15.3 Å². The van der Waals surface area contributed by atoms with Crippen LogP contribution in [-0.4, -0.2) is 38.9 Å². The number of amides is 1. The van der Waals surface area contributed by atoms with Gasteiger partial charge in [0.1, 0.15) is 18.2 Å². The number of nitrogens with one attached hydrogen (secondary N) is 1. The quantitative estimate of drug-likeness (QED) is 0.474. The van der Waals surface area contributed by atoms with E-state index in [9.17, 15) is 13.6 Å². The summed E-state index contributed by atoms with van der Waals surface area (Å²) >= 11 is 5.87. The number of carbonyl (C=O) groups is 1. The molecule has 152 valence electrons. The average Bonchev–Trinajstić information content (AvgIpc) is 3.14. The molecule has 0 aliphatic heterocycles. The minimum absolute atomic E-state index is 0.0259. The Morgan fingerprint density at radius 3 is 2.73 bits per heavy atom. The van der Waals surface area contributed by atoms with Crippen LogP contribution in [-0.2, 0) is 0 Å². The lowest BCUT2D eigenvalue weighted by Gasteiger charge is -2.09. The van der Waals surface area contributed by atoms with Gasteiger partial charge < -0.3 is 10.1 Å². The maximum Gasteiger partial charge on any atom is 0.255 e. The van der Waals surface area contributed by atoms with E-state index >= 15 is 0 Å². The highest BCUT2D eigenvalue weighted by Gasteiger charge is 2.15.